The monoisotopic (exact) mass is 232 g/mol. The second-order valence-corrected chi connectivity index (χ2v) is 7.30. The normalized spacial score (nSPS) is 56.2. The van der Waals surface area contributed by atoms with Gasteiger partial charge in [0.15, 0.2) is 0 Å². The maximum atomic E-state index is 3.90. The van der Waals surface area contributed by atoms with Gasteiger partial charge in [-0.1, -0.05) is 26.8 Å². The van der Waals surface area contributed by atoms with Crippen LogP contribution in [0.15, 0.2) is 12.7 Å². The van der Waals surface area contributed by atoms with Crippen LogP contribution < -0.4 is 0 Å². The van der Waals surface area contributed by atoms with Gasteiger partial charge >= 0.3 is 0 Å². The van der Waals surface area contributed by atoms with Gasteiger partial charge in [0.1, 0.15) is 0 Å². The highest BCUT2D eigenvalue weighted by Gasteiger charge is 2.60. The van der Waals surface area contributed by atoms with Crippen LogP contribution in [0.5, 0.6) is 0 Å². The average Bonchev–Trinajstić information content (AvgIpc) is 2.89. The molecule has 0 nitrogen and oxygen atoms in total. The van der Waals surface area contributed by atoms with E-state index < -0.39 is 0 Å². The van der Waals surface area contributed by atoms with Crippen molar-refractivity contribution >= 4 is 0 Å². The van der Waals surface area contributed by atoms with Crippen molar-refractivity contribution in [2.24, 2.45) is 47.3 Å². The quantitative estimate of drug-likeness (QED) is 0.615. The summed E-state index contributed by atoms with van der Waals surface area (Å²) in [6.07, 6.45) is 7.84. The second kappa shape index (κ2) is 4.14. The molecule has 8 atom stereocenters. The second-order valence-electron chi connectivity index (χ2n) is 7.30. The molecule has 0 N–H and O–H groups in total. The zero-order chi connectivity index (χ0) is 12.2. The highest BCUT2D eigenvalue weighted by molar-refractivity contribution is 5.09. The van der Waals surface area contributed by atoms with Crippen molar-refractivity contribution in [3.8, 4) is 0 Å². The fourth-order valence-electron chi connectivity index (χ4n) is 6.22. The summed E-state index contributed by atoms with van der Waals surface area (Å²) in [6, 6.07) is 0. The van der Waals surface area contributed by atoms with Crippen LogP contribution in [0.3, 0.4) is 0 Å². The van der Waals surface area contributed by atoms with Crippen molar-refractivity contribution in [3.63, 3.8) is 0 Å². The Bertz CT molecular complexity index is 305. The minimum absolute atomic E-state index is 0.994. The largest absolute Gasteiger partial charge is 0.103 e. The van der Waals surface area contributed by atoms with Crippen molar-refractivity contribution < 1.29 is 0 Å². The van der Waals surface area contributed by atoms with Crippen LogP contribution in [0.4, 0.5) is 0 Å². The maximum Gasteiger partial charge on any atom is -0.0323 e. The van der Waals surface area contributed by atoms with Crippen LogP contribution >= 0.6 is 0 Å². The Labute approximate surface area is 107 Å². The molecule has 0 heterocycles. The number of fused-ring (bicyclic) bond motifs is 5. The van der Waals surface area contributed by atoms with E-state index in [-0.39, 0.29) is 0 Å². The summed E-state index contributed by atoms with van der Waals surface area (Å²) in [5.74, 6) is 8.34. The van der Waals surface area contributed by atoms with Crippen LogP contribution in [-0.2, 0) is 0 Å². The number of rotatable bonds is 3. The van der Waals surface area contributed by atoms with Gasteiger partial charge in [-0.3, -0.25) is 0 Å². The molecule has 17 heavy (non-hydrogen) atoms. The zero-order valence-corrected chi connectivity index (χ0v) is 11.7. The highest BCUT2D eigenvalue weighted by Crippen LogP contribution is 2.66. The summed E-state index contributed by atoms with van der Waals surface area (Å²) in [4.78, 5) is 0. The Hall–Kier alpha value is -0.260. The predicted molar refractivity (Wildman–Crippen MR) is 73.6 cm³/mol. The first-order valence-electron chi connectivity index (χ1n) is 7.76. The van der Waals surface area contributed by atoms with Crippen LogP contribution in [0, 0.1) is 47.3 Å². The molecule has 0 radical (unpaired) electrons. The lowest BCUT2D eigenvalue weighted by Crippen LogP contribution is -2.34. The Balaban J connectivity index is 1.80. The molecule has 0 aromatic carbocycles. The molecule has 3 aliphatic rings. The molecule has 3 rings (SSSR count). The van der Waals surface area contributed by atoms with E-state index in [2.05, 4.69) is 33.4 Å². The van der Waals surface area contributed by atoms with Gasteiger partial charge in [-0.2, -0.15) is 0 Å². The number of hydrogen-bond donors (Lipinski definition) is 0. The molecule has 3 fully saturated rings. The Morgan fingerprint density at radius 1 is 1.00 bits per heavy atom. The van der Waals surface area contributed by atoms with Gasteiger partial charge in [0.05, 0.1) is 0 Å². The van der Waals surface area contributed by atoms with Gasteiger partial charge in [0.25, 0.3) is 0 Å². The van der Waals surface area contributed by atoms with E-state index in [1.54, 1.807) is 6.42 Å². The summed E-state index contributed by atoms with van der Waals surface area (Å²) in [6.45, 7) is 11.5. The fourth-order valence-corrected chi connectivity index (χ4v) is 6.22. The minimum Gasteiger partial charge on any atom is -0.103 e. The Kier molecular flexibility index (Phi) is 2.88. The van der Waals surface area contributed by atoms with E-state index in [0.29, 0.717) is 0 Å². The van der Waals surface area contributed by atoms with Crippen molar-refractivity contribution in [2.75, 3.05) is 0 Å². The molecule has 0 spiro atoms. The maximum absolute atomic E-state index is 3.90. The van der Waals surface area contributed by atoms with Crippen LogP contribution in [0.1, 0.15) is 46.5 Å². The molecular weight excluding hydrogens is 204 g/mol. The van der Waals surface area contributed by atoms with Crippen molar-refractivity contribution in [1.82, 2.24) is 0 Å². The van der Waals surface area contributed by atoms with Crippen LogP contribution in [0.25, 0.3) is 0 Å². The van der Waals surface area contributed by atoms with E-state index in [1.807, 2.05) is 0 Å². The molecule has 0 heteroatoms. The van der Waals surface area contributed by atoms with Gasteiger partial charge in [-0.05, 0) is 73.0 Å². The highest BCUT2D eigenvalue weighted by atomic mass is 14.7. The first-order chi connectivity index (χ1) is 8.15. The van der Waals surface area contributed by atoms with Gasteiger partial charge < -0.3 is 0 Å². The smallest absolute Gasteiger partial charge is 0.0323 e. The lowest BCUT2D eigenvalue weighted by molar-refractivity contribution is 0.0890. The van der Waals surface area contributed by atoms with Gasteiger partial charge in [-0.25, -0.2) is 0 Å². The molecule has 0 amide bonds. The summed E-state index contributed by atoms with van der Waals surface area (Å²) in [5.41, 5.74) is 0. The summed E-state index contributed by atoms with van der Waals surface area (Å²) >= 11 is 0. The topological polar surface area (TPSA) is 0 Å². The molecule has 0 aromatic heterocycles. The molecule has 0 saturated heterocycles. The number of allylic oxidation sites excluding steroid dienone is 1. The molecule has 0 aliphatic heterocycles. The van der Waals surface area contributed by atoms with Crippen molar-refractivity contribution in [2.45, 2.75) is 46.5 Å². The van der Waals surface area contributed by atoms with Gasteiger partial charge in [0.2, 0.25) is 0 Å². The lowest BCUT2D eigenvalue weighted by Gasteiger charge is -2.39. The van der Waals surface area contributed by atoms with E-state index in [9.17, 15) is 0 Å². The molecule has 96 valence electrons. The standard InChI is InChI=1S/C17H28/c1-5-6-7-13-12(4)14-9-15(13)17-11(3)8-10(2)16(14)17/h5,10-17H,1,6-9H2,2-4H3. The summed E-state index contributed by atoms with van der Waals surface area (Å²) in [5, 5.41) is 0. The van der Waals surface area contributed by atoms with E-state index in [1.165, 1.54) is 19.3 Å². The first kappa shape index (κ1) is 11.8. The van der Waals surface area contributed by atoms with Gasteiger partial charge in [-0.15, -0.1) is 6.58 Å². The lowest BCUT2D eigenvalue weighted by atomic mass is 9.66. The summed E-state index contributed by atoms with van der Waals surface area (Å²) in [7, 11) is 0. The fraction of sp³-hybridized carbons (Fsp3) is 0.882. The third kappa shape index (κ3) is 1.55. The molecule has 3 saturated carbocycles. The van der Waals surface area contributed by atoms with Crippen LogP contribution in [-0.4, -0.2) is 0 Å². The molecule has 2 bridgehead atoms. The van der Waals surface area contributed by atoms with Gasteiger partial charge in [0, 0.05) is 0 Å². The molecule has 0 aromatic rings. The third-order valence-electron chi connectivity index (χ3n) is 6.64. The van der Waals surface area contributed by atoms with Crippen LogP contribution in [0.2, 0.25) is 0 Å². The van der Waals surface area contributed by atoms with Crippen molar-refractivity contribution in [3.05, 3.63) is 12.7 Å². The zero-order valence-electron chi connectivity index (χ0n) is 11.7. The third-order valence-corrected chi connectivity index (χ3v) is 6.64. The molecule has 3 aliphatic carbocycles. The average molecular weight is 232 g/mol. The van der Waals surface area contributed by atoms with E-state index >= 15 is 0 Å². The number of hydrogen-bond acceptors (Lipinski definition) is 0. The van der Waals surface area contributed by atoms with E-state index in [4.69, 9.17) is 0 Å². The Morgan fingerprint density at radius 3 is 2.29 bits per heavy atom. The first-order valence-corrected chi connectivity index (χ1v) is 7.76. The SMILES string of the molecule is C=CCCC1C(C)C2CC1C1C(C)CC(C)C21. The molecular formula is C17H28. The Morgan fingerprint density at radius 2 is 1.65 bits per heavy atom. The molecule has 8 unspecified atom stereocenters. The predicted octanol–water partition coefficient (Wildman–Crippen LogP) is 4.76. The minimum atomic E-state index is 0.994. The van der Waals surface area contributed by atoms with Crippen molar-refractivity contribution in [1.29, 1.82) is 0 Å². The summed E-state index contributed by atoms with van der Waals surface area (Å²) < 4.78 is 0. The van der Waals surface area contributed by atoms with E-state index in [0.717, 1.165) is 47.3 Å².